The van der Waals surface area contributed by atoms with Crippen LogP contribution in [-0.2, 0) is 0 Å². The number of carbonyl (C=O) groups excluding carboxylic acids is 1. The van der Waals surface area contributed by atoms with Gasteiger partial charge in [-0.3, -0.25) is 14.3 Å². The summed E-state index contributed by atoms with van der Waals surface area (Å²) in [5, 5.41) is 13.0. The molecule has 148 valence electrons. The molecule has 0 atom stereocenters. The molecule has 0 aliphatic carbocycles. The predicted octanol–water partition coefficient (Wildman–Crippen LogP) is 4.08. The Morgan fingerprint density at radius 3 is 2.73 bits per heavy atom. The largest absolute Gasteiger partial charge is 0.360 e. The molecule has 4 heterocycles. The minimum Gasteiger partial charge on any atom is -0.360 e. The van der Waals surface area contributed by atoms with Crippen molar-refractivity contribution in [1.82, 2.24) is 24.7 Å². The number of halogens is 1. The molecule has 5 aromatic rings. The highest BCUT2D eigenvalue weighted by Crippen LogP contribution is 2.26. The number of imidazole rings is 1. The number of rotatable bonds is 4. The average molecular weight is 402 g/mol. The minimum atomic E-state index is -0.647. The van der Waals surface area contributed by atoms with Crippen LogP contribution in [-0.4, -0.2) is 30.6 Å². The van der Waals surface area contributed by atoms with Crippen molar-refractivity contribution < 1.29 is 13.7 Å². The van der Waals surface area contributed by atoms with E-state index in [9.17, 15) is 9.18 Å². The van der Waals surface area contributed by atoms with Crippen LogP contribution in [0.15, 0.2) is 65.7 Å². The van der Waals surface area contributed by atoms with Crippen molar-refractivity contribution in [3.05, 3.63) is 78.3 Å². The Balaban J connectivity index is 1.49. The quantitative estimate of drug-likeness (QED) is 0.472. The Bertz CT molecular complexity index is 1370. The van der Waals surface area contributed by atoms with Crippen LogP contribution in [0.3, 0.4) is 0 Å². The standard InChI is InChI=1S/C21H15FN6O2/c1-12-6-19(27-30-12)26-21(29)16-4-2-13(7-17(16)22)18-10-23-20-5-3-14(11-28(18)20)15-8-24-25-9-15/h2-11H,1H3,(H,24,25)(H,26,27,29). The van der Waals surface area contributed by atoms with Crippen LogP contribution in [0.1, 0.15) is 16.1 Å². The maximum absolute atomic E-state index is 14.8. The number of amides is 1. The van der Waals surface area contributed by atoms with E-state index in [1.807, 2.05) is 22.7 Å². The molecule has 0 spiro atoms. The zero-order valence-electron chi connectivity index (χ0n) is 15.8. The van der Waals surface area contributed by atoms with Crippen molar-refractivity contribution in [2.24, 2.45) is 0 Å². The molecule has 8 nitrogen and oxygen atoms in total. The number of aryl methyl sites for hydroxylation is 1. The highest BCUT2D eigenvalue weighted by atomic mass is 19.1. The smallest absolute Gasteiger partial charge is 0.259 e. The lowest BCUT2D eigenvalue weighted by atomic mass is 10.1. The van der Waals surface area contributed by atoms with Gasteiger partial charge in [0, 0.05) is 35.2 Å². The van der Waals surface area contributed by atoms with Gasteiger partial charge >= 0.3 is 0 Å². The van der Waals surface area contributed by atoms with Gasteiger partial charge in [0.2, 0.25) is 0 Å². The molecule has 0 saturated heterocycles. The molecule has 5 rings (SSSR count). The number of benzene rings is 1. The molecule has 1 amide bonds. The van der Waals surface area contributed by atoms with Gasteiger partial charge < -0.3 is 9.84 Å². The average Bonchev–Trinajstić information content (AvgIpc) is 3.48. The third kappa shape index (κ3) is 3.12. The molecule has 4 aromatic heterocycles. The lowest BCUT2D eigenvalue weighted by molar-refractivity contribution is 0.102. The molecule has 0 aliphatic heterocycles. The second kappa shape index (κ2) is 6.96. The molecule has 0 fully saturated rings. The summed E-state index contributed by atoms with van der Waals surface area (Å²) in [6, 6.07) is 9.81. The molecule has 9 heteroatoms. The van der Waals surface area contributed by atoms with E-state index >= 15 is 0 Å². The van der Waals surface area contributed by atoms with E-state index < -0.39 is 11.7 Å². The van der Waals surface area contributed by atoms with Crippen molar-refractivity contribution in [3.63, 3.8) is 0 Å². The van der Waals surface area contributed by atoms with Crippen LogP contribution >= 0.6 is 0 Å². The summed E-state index contributed by atoms with van der Waals surface area (Å²) in [6.07, 6.45) is 7.09. The fraction of sp³-hybridized carbons (Fsp3) is 0.0476. The first-order valence-electron chi connectivity index (χ1n) is 9.09. The Hall–Kier alpha value is -4.27. The van der Waals surface area contributed by atoms with Gasteiger partial charge in [-0.05, 0) is 31.2 Å². The molecular weight excluding hydrogens is 387 g/mol. The van der Waals surface area contributed by atoms with E-state index in [0.29, 0.717) is 17.0 Å². The number of aromatic nitrogens is 5. The van der Waals surface area contributed by atoms with Crippen molar-refractivity contribution >= 4 is 17.4 Å². The van der Waals surface area contributed by atoms with Gasteiger partial charge in [-0.25, -0.2) is 9.37 Å². The maximum Gasteiger partial charge on any atom is 0.259 e. The minimum absolute atomic E-state index is 0.0905. The zero-order valence-corrected chi connectivity index (χ0v) is 15.8. The molecule has 0 bridgehead atoms. The van der Waals surface area contributed by atoms with Crippen molar-refractivity contribution in [2.45, 2.75) is 6.92 Å². The normalized spacial score (nSPS) is 11.1. The highest BCUT2D eigenvalue weighted by Gasteiger charge is 2.16. The van der Waals surface area contributed by atoms with Crippen LogP contribution in [0.2, 0.25) is 0 Å². The first-order chi connectivity index (χ1) is 14.6. The maximum atomic E-state index is 14.8. The SMILES string of the molecule is Cc1cc(NC(=O)c2ccc(-c3cnc4ccc(-c5cn[nH]c5)cn34)cc2F)no1. The van der Waals surface area contributed by atoms with E-state index in [4.69, 9.17) is 4.52 Å². The number of aromatic amines is 1. The Morgan fingerprint density at radius 2 is 2.00 bits per heavy atom. The number of pyridine rings is 1. The van der Waals surface area contributed by atoms with Crippen molar-refractivity contribution in [1.29, 1.82) is 0 Å². The number of fused-ring (bicyclic) bond motifs is 1. The molecule has 0 unspecified atom stereocenters. The van der Waals surface area contributed by atoms with Gasteiger partial charge in [-0.2, -0.15) is 5.10 Å². The van der Waals surface area contributed by atoms with Gasteiger partial charge in [0.15, 0.2) is 5.82 Å². The number of hydrogen-bond donors (Lipinski definition) is 2. The van der Waals surface area contributed by atoms with Gasteiger partial charge in [0.05, 0.1) is 23.7 Å². The van der Waals surface area contributed by atoms with Gasteiger partial charge in [-0.1, -0.05) is 11.2 Å². The van der Waals surface area contributed by atoms with Gasteiger partial charge in [0.1, 0.15) is 17.2 Å². The van der Waals surface area contributed by atoms with E-state index in [2.05, 4.69) is 25.7 Å². The van der Waals surface area contributed by atoms with Crippen LogP contribution in [0.4, 0.5) is 10.2 Å². The molecule has 1 aromatic carbocycles. The summed E-state index contributed by atoms with van der Waals surface area (Å²) < 4.78 is 21.5. The molecule has 0 radical (unpaired) electrons. The van der Waals surface area contributed by atoms with Crippen LogP contribution < -0.4 is 5.32 Å². The second-order valence-electron chi connectivity index (χ2n) is 6.75. The van der Waals surface area contributed by atoms with Crippen LogP contribution in [0.25, 0.3) is 28.0 Å². The van der Waals surface area contributed by atoms with Crippen LogP contribution in [0.5, 0.6) is 0 Å². The van der Waals surface area contributed by atoms with Crippen molar-refractivity contribution in [3.8, 4) is 22.4 Å². The summed E-state index contributed by atoms with van der Waals surface area (Å²) in [6.45, 7) is 1.70. The van der Waals surface area contributed by atoms with Gasteiger partial charge in [0.25, 0.3) is 5.91 Å². The molecule has 0 aliphatic rings. The molecule has 30 heavy (non-hydrogen) atoms. The highest BCUT2D eigenvalue weighted by molar-refractivity contribution is 6.04. The molecular formula is C21H15FN6O2. The van der Waals surface area contributed by atoms with E-state index in [1.54, 1.807) is 37.6 Å². The number of carbonyl (C=O) groups is 1. The van der Waals surface area contributed by atoms with Crippen molar-refractivity contribution in [2.75, 3.05) is 5.32 Å². The van der Waals surface area contributed by atoms with E-state index in [-0.39, 0.29) is 11.4 Å². The van der Waals surface area contributed by atoms with E-state index in [0.717, 1.165) is 16.8 Å². The van der Waals surface area contributed by atoms with Gasteiger partial charge in [-0.15, -0.1) is 0 Å². The summed E-state index contributed by atoms with van der Waals surface area (Å²) in [4.78, 5) is 16.8. The number of nitrogens with zero attached hydrogens (tertiary/aromatic N) is 4. The number of anilines is 1. The summed E-state index contributed by atoms with van der Waals surface area (Å²) >= 11 is 0. The summed E-state index contributed by atoms with van der Waals surface area (Å²) in [5.41, 5.74) is 3.80. The number of nitrogens with one attached hydrogen (secondary N) is 2. The zero-order chi connectivity index (χ0) is 20.7. The molecule has 2 N–H and O–H groups in total. The summed E-state index contributed by atoms with van der Waals surface area (Å²) in [5.74, 6) is -0.475. The van der Waals surface area contributed by atoms with Crippen LogP contribution in [0, 0.1) is 12.7 Å². The number of hydrogen-bond acceptors (Lipinski definition) is 5. The number of H-pyrrole nitrogens is 1. The topological polar surface area (TPSA) is 101 Å². The first-order valence-corrected chi connectivity index (χ1v) is 9.09. The lowest BCUT2D eigenvalue weighted by Gasteiger charge is -2.07. The Morgan fingerprint density at radius 1 is 1.13 bits per heavy atom. The molecule has 0 saturated carbocycles. The van der Waals surface area contributed by atoms with E-state index in [1.165, 1.54) is 12.1 Å². The third-order valence-corrected chi connectivity index (χ3v) is 4.72. The Kier molecular flexibility index (Phi) is 4.13. The fourth-order valence-corrected chi connectivity index (χ4v) is 3.24. The third-order valence-electron chi connectivity index (χ3n) is 4.72. The fourth-order valence-electron chi connectivity index (χ4n) is 3.24. The first kappa shape index (κ1) is 17.8. The second-order valence-corrected chi connectivity index (χ2v) is 6.75. The summed E-state index contributed by atoms with van der Waals surface area (Å²) in [7, 11) is 0. The predicted molar refractivity (Wildman–Crippen MR) is 107 cm³/mol. The Labute approximate surface area is 169 Å². The lowest BCUT2D eigenvalue weighted by Crippen LogP contribution is -2.14. The monoisotopic (exact) mass is 402 g/mol.